The van der Waals surface area contributed by atoms with Gasteiger partial charge in [-0.05, 0) is 42.7 Å². The fourth-order valence-electron chi connectivity index (χ4n) is 2.93. The minimum Gasteiger partial charge on any atom is -0.508 e. The lowest BCUT2D eigenvalue weighted by molar-refractivity contribution is 0.465. The van der Waals surface area contributed by atoms with Crippen LogP contribution in [0.5, 0.6) is 5.75 Å². The zero-order valence-corrected chi connectivity index (χ0v) is 16.2. The number of nitrogens with zero attached hydrogens (tertiary/aromatic N) is 2. The molecule has 0 bridgehead atoms. The largest absolute Gasteiger partial charge is 0.508 e. The van der Waals surface area contributed by atoms with E-state index in [4.69, 9.17) is 8.83 Å². The van der Waals surface area contributed by atoms with Crippen molar-refractivity contribution in [3.05, 3.63) is 69.6 Å². The van der Waals surface area contributed by atoms with Crippen LogP contribution in [0.4, 0.5) is 0 Å². The second-order valence-corrected chi connectivity index (χ2v) is 7.38. The Kier molecular flexibility index (Phi) is 4.92. The zero-order valence-electron chi connectivity index (χ0n) is 15.4. The fraction of sp³-hybridized carbons (Fsp3) is 0.190. The Hall–Kier alpha value is -3.06. The highest BCUT2D eigenvalue weighted by atomic mass is 32.2. The molecule has 0 atom stereocenters. The quantitative estimate of drug-likeness (QED) is 0.387. The first kappa shape index (κ1) is 18.3. The third-order valence-electron chi connectivity index (χ3n) is 4.47. The van der Waals surface area contributed by atoms with E-state index in [-0.39, 0.29) is 5.75 Å². The van der Waals surface area contributed by atoms with Crippen LogP contribution in [0.15, 0.2) is 61.3 Å². The molecule has 0 fully saturated rings. The van der Waals surface area contributed by atoms with E-state index in [1.165, 1.54) is 23.9 Å². The predicted molar refractivity (Wildman–Crippen MR) is 108 cm³/mol. The van der Waals surface area contributed by atoms with Crippen LogP contribution in [0, 0.1) is 6.92 Å². The third-order valence-corrected chi connectivity index (χ3v) is 5.33. The first-order chi connectivity index (χ1) is 13.5. The van der Waals surface area contributed by atoms with Crippen LogP contribution in [0.2, 0.25) is 0 Å². The third kappa shape index (κ3) is 3.66. The van der Waals surface area contributed by atoms with Gasteiger partial charge in [0.05, 0.1) is 0 Å². The Balaban J connectivity index is 1.61. The van der Waals surface area contributed by atoms with E-state index in [9.17, 15) is 9.90 Å². The van der Waals surface area contributed by atoms with Crippen molar-refractivity contribution in [3.63, 3.8) is 0 Å². The Morgan fingerprint density at radius 1 is 1.04 bits per heavy atom. The van der Waals surface area contributed by atoms with Gasteiger partial charge < -0.3 is 13.9 Å². The van der Waals surface area contributed by atoms with E-state index in [1.807, 2.05) is 44.2 Å². The number of benzene rings is 2. The number of aryl methyl sites for hydroxylation is 2. The van der Waals surface area contributed by atoms with Crippen molar-refractivity contribution >= 4 is 22.7 Å². The highest BCUT2D eigenvalue weighted by Gasteiger charge is 2.13. The number of thioether (sulfide) groups is 1. The molecule has 0 radical (unpaired) electrons. The molecule has 2 heterocycles. The standard InChI is InChI=1S/C21H18N2O4S/c1-3-13-8-16-15(9-19(25)26-18(16)10-17(13)24)11-28-21-23-22-20(27-21)14-6-4-12(2)5-7-14/h4-10,24H,3,11H2,1-2H3. The highest BCUT2D eigenvalue weighted by molar-refractivity contribution is 7.98. The van der Waals surface area contributed by atoms with Crippen LogP contribution >= 0.6 is 11.8 Å². The van der Waals surface area contributed by atoms with Crippen molar-refractivity contribution in [1.29, 1.82) is 0 Å². The maximum Gasteiger partial charge on any atom is 0.336 e. The van der Waals surface area contributed by atoms with Crippen LogP contribution in [-0.2, 0) is 12.2 Å². The molecule has 0 aliphatic rings. The monoisotopic (exact) mass is 394 g/mol. The summed E-state index contributed by atoms with van der Waals surface area (Å²) in [6.07, 6.45) is 0.678. The van der Waals surface area contributed by atoms with Gasteiger partial charge in [0, 0.05) is 28.8 Å². The molecular weight excluding hydrogens is 376 g/mol. The molecule has 0 aliphatic heterocycles. The number of aromatic hydroxyl groups is 1. The predicted octanol–water partition coefficient (Wildman–Crippen LogP) is 4.71. The topological polar surface area (TPSA) is 89.4 Å². The van der Waals surface area contributed by atoms with E-state index in [0.29, 0.717) is 28.9 Å². The molecule has 0 saturated heterocycles. The van der Waals surface area contributed by atoms with Gasteiger partial charge in [-0.3, -0.25) is 0 Å². The second kappa shape index (κ2) is 7.52. The number of phenols is 1. The molecule has 0 unspecified atom stereocenters. The van der Waals surface area contributed by atoms with Gasteiger partial charge in [0.2, 0.25) is 5.89 Å². The van der Waals surface area contributed by atoms with Crippen LogP contribution in [0.3, 0.4) is 0 Å². The van der Waals surface area contributed by atoms with Gasteiger partial charge in [0.25, 0.3) is 5.22 Å². The van der Waals surface area contributed by atoms with Crippen LogP contribution in [0.25, 0.3) is 22.4 Å². The number of phenolic OH excluding ortho intramolecular Hbond substituents is 1. The Labute approximate surface area is 165 Å². The Morgan fingerprint density at radius 2 is 1.82 bits per heavy atom. The van der Waals surface area contributed by atoms with Gasteiger partial charge in [-0.15, -0.1) is 10.2 Å². The molecule has 0 saturated carbocycles. The number of fused-ring (bicyclic) bond motifs is 1. The minimum atomic E-state index is -0.461. The van der Waals surface area contributed by atoms with Crippen molar-refractivity contribution in [3.8, 4) is 17.2 Å². The van der Waals surface area contributed by atoms with E-state index in [1.54, 1.807) is 0 Å². The average Bonchev–Trinajstić information content (AvgIpc) is 3.15. The number of hydrogen-bond donors (Lipinski definition) is 1. The van der Waals surface area contributed by atoms with Gasteiger partial charge >= 0.3 is 5.63 Å². The summed E-state index contributed by atoms with van der Waals surface area (Å²) in [5.41, 5.74) is 3.51. The van der Waals surface area contributed by atoms with Crippen molar-refractivity contribution in [1.82, 2.24) is 10.2 Å². The maximum atomic E-state index is 11.9. The molecule has 0 spiro atoms. The molecule has 2 aromatic heterocycles. The smallest absolute Gasteiger partial charge is 0.336 e. The first-order valence-corrected chi connectivity index (χ1v) is 9.84. The second-order valence-electron chi connectivity index (χ2n) is 6.45. The molecular formula is C21H18N2O4S. The van der Waals surface area contributed by atoms with Gasteiger partial charge in [-0.1, -0.05) is 36.4 Å². The Bertz CT molecular complexity index is 1200. The normalized spacial score (nSPS) is 11.2. The van der Waals surface area contributed by atoms with Crippen LogP contribution in [0.1, 0.15) is 23.6 Å². The molecule has 7 heteroatoms. The minimum absolute atomic E-state index is 0.127. The molecule has 1 N–H and O–H groups in total. The zero-order chi connectivity index (χ0) is 19.7. The van der Waals surface area contributed by atoms with Gasteiger partial charge in [0.1, 0.15) is 11.3 Å². The molecule has 0 amide bonds. The molecule has 0 aliphatic carbocycles. The SMILES string of the molecule is CCc1cc2c(CSc3nnc(-c4ccc(C)cc4)o3)cc(=O)oc2cc1O. The Morgan fingerprint density at radius 3 is 2.57 bits per heavy atom. The lowest BCUT2D eigenvalue weighted by Gasteiger charge is -2.07. The number of hydrogen-bond acceptors (Lipinski definition) is 7. The molecule has 4 aromatic rings. The summed E-state index contributed by atoms with van der Waals surface area (Å²) in [5, 5.41) is 19.4. The van der Waals surface area contributed by atoms with Crippen molar-refractivity contribution < 1.29 is 13.9 Å². The number of rotatable bonds is 5. The van der Waals surface area contributed by atoms with E-state index < -0.39 is 5.63 Å². The lowest BCUT2D eigenvalue weighted by atomic mass is 10.1. The summed E-state index contributed by atoms with van der Waals surface area (Å²) < 4.78 is 11.0. The van der Waals surface area contributed by atoms with Gasteiger partial charge in [-0.2, -0.15) is 0 Å². The van der Waals surface area contributed by atoms with Crippen molar-refractivity contribution in [2.75, 3.05) is 0 Å². The lowest BCUT2D eigenvalue weighted by Crippen LogP contribution is -2.00. The maximum absolute atomic E-state index is 11.9. The van der Waals surface area contributed by atoms with Crippen molar-refractivity contribution in [2.45, 2.75) is 31.2 Å². The molecule has 28 heavy (non-hydrogen) atoms. The summed E-state index contributed by atoms with van der Waals surface area (Å²) in [4.78, 5) is 11.9. The van der Waals surface area contributed by atoms with E-state index in [0.717, 1.165) is 27.6 Å². The van der Waals surface area contributed by atoms with E-state index >= 15 is 0 Å². The molecule has 2 aromatic carbocycles. The molecule has 4 rings (SSSR count). The van der Waals surface area contributed by atoms with Crippen LogP contribution < -0.4 is 5.63 Å². The van der Waals surface area contributed by atoms with Crippen LogP contribution in [-0.4, -0.2) is 15.3 Å². The summed E-state index contributed by atoms with van der Waals surface area (Å²) in [7, 11) is 0. The molecule has 142 valence electrons. The fourth-order valence-corrected chi connectivity index (χ4v) is 3.68. The summed E-state index contributed by atoms with van der Waals surface area (Å²) in [5.74, 6) is 1.05. The summed E-state index contributed by atoms with van der Waals surface area (Å²) >= 11 is 1.35. The average molecular weight is 394 g/mol. The first-order valence-electron chi connectivity index (χ1n) is 8.85. The van der Waals surface area contributed by atoms with Gasteiger partial charge in [0.15, 0.2) is 0 Å². The highest BCUT2D eigenvalue weighted by Crippen LogP contribution is 2.31. The summed E-state index contributed by atoms with van der Waals surface area (Å²) in [6, 6.07) is 12.7. The number of aromatic nitrogens is 2. The summed E-state index contributed by atoms with van der Waals surface area (Å²) in [6.45, 7) is 3.97. The van der Waals surface area contributed by atoms with Gasteiger partial charge in [-0.25, -0.2) is 4.79 Å². The molecule has 6 nitrogen and oxygen atoms in total. The van der Waals surface area contributed by atoms with Crippen molar-refractivity contribution in [2.24, 2.45) is 0 Å². The van der Waals surface area contributed by atoms with E-state index in [2.05, 4.69) is 10.2 Å².